The number of benzene rings is 1. The highest BCUT2D eigenvalue weighted by Gasteiger charge is 2.23. The zero-order valence-corrected chi connectivity index (χ0v) is 14.3. The van der Waals surface area contributed by atoms with Crippen LogP contribution in [0.5, 0.6) is 5.75 Å². The highest BCUT2D eigenvalue weighted by atomic mass is 32.2. The van der Waals surface area contributed by atoms with E-state index in [4.69, 9.17) is 21.4 Å². The summed E-state index contributed by atoms with van der Waals surface area (Å²) in [6, 6.07) is 9.68. The zero-order valence-electron chi connectivity index (χ0n) is 12.7. The second-order valence-corrected chi connectivity index (χ2v) is 6.66. The highest BCUT2D eigenvalue weighted by Crippen LogP contribution is 2.32. The number of thiocarbonyl (C=S) groups is 1. The number of aryl methyl sites for hydroxylation is 1. The number of furan rings is 1. The third kappa shape index (κ3) is 3.33. The van der Waals surface area contributed by atoms with Gasteiger partial charge in [0, 0.05) is 11.6 Å². The molecule has 0 aliphatic carbocycles. The summed E-state index contributed by atoms with van der Waals surface area (Å²) in [6.45, 7) is 2.05. The molecule has 0 saturated carbocycles. The van der Waals surface area contributed by atoms with E-state index in [1.54, 1.807) is 13.2 Å². The summed E-state index contributed by atoms with van der Waals surface area (Å²) in [4.78, 5) is 12.4. The Morgan fingerprint density at radius 3 is 2.87 bits per heavy atom. The summed E-state index contributed by atoms with van der Waals surface area (Å²) in [7, 11) is 1.63. The van der Waals surface area contributed by atoms with Gasteiger partial charge in [0.2, 0.25) is 0 Å². The number of hydrogen-bond acceptors (Lipinski definition) is 5. The third-order valence-electron chi connectivity index (χ3n) is 3.48. The number of hydrogen-bond donors (Lipinski definition) is 1. The van der Waals surface area contributed by atoms with Gasteiger partial charge in [0.25, 0.3) is 5.91 Å². The van der Waals surface area contributed by atoms with E-state index in [0.29, 0.717) is 15.0 Å². The normalized spacial score (nSPS) is 16.0. The van der Waals surface area contributed by atoms with Crippen LogP contribution < -0.4 is 10.1 Å². The van der Waals surface area contributed by atoms with E-state index in [1.165, 1.54) is 11.8 Å². The van der Waals surface area contributed by atoms with Crippen molar-refractivity contribution in [3.05, 3.63) is 46.6 Å². The van der Waals surface area contributed by atoms with Crippen molar-refractivity contribution in [2.45, 2.75) is 13.3 Å². The van der Waals surface area contributed by atoms with Crippen LogP contribution in [0.1, 0.15) is 18.2 Å². The number of methoxy groups -OCH3 is 1. The van der Waals surface area contributed by atoms with Gasteiger partial charge in [0.1, 0.15) is 21.6 Å². The van der Waals surface area contributed by atoms with Crippen molar-refractivity contribution in [2.75, 3.05) is 7.11 Å². The van der Waals surface area contributed by atoms with Gasteiger partial charge in [-0.25, -0.2) is 0 Å². The van der Waals surface area contributed by atoms with Crippen molar-refractivity contribution >= 4 is 40.3 Å². The Hall–Kier alpha value is -2.05. The largest absolute Gasteiger partial charge is 0.497 e. The van der Waals surface area contributed by atoms with Crippen LogP contribution in [-0.4, -0.2) is 17.3 Å². The van der Waals surface area contributed by atoms with Crippen LogP contribution >= 0.6 is 24.0 Å². The smallest absolute Gasteiger partial charge is 0.263 e. The van der Waals surface area contributed by atoms with E-state index in [-0.39, 0.29) is 5.91 Å². The summed E-state index contributed by atoms with van der Waals surface area (Å²) in [5.74, 6) is 2.03. The molecule has 0 atom stereocenters. The molecule has 6 heteroatoms. The average Bonchev–Trinajstić information content (AvgIpc) is 3.10. The van der Waals surface area contributed by atoms with Crippen molar-refractivity contribution in [3.63, 3.8) is 0 Å². The Morgan fingerprint density at radius 2 is 2.22 bits per heavy atom. The van der Waals surface area contributed by atoms with Crippen molar-refractivity contribution in [2.24, 2.45) is 0 Å². The predicted octanol–water partition coefficient (Wildman–Crippen LogP) is 4.01. The number of amides is 1. The molecule has 0 bridgehead atoms. The molecule has 1 amide bonds. The van der Waals surface area contributed by atoms with Gasteiger partial charge in [0.05, 0.1) is 12.0 Å². The van der Waals surface area contributed by atoms with Crippen LogP contribution in [0.15, 0.2) is 39.7 Å². The monoisotopic (exact) mass is 345 g/mol. The van der Waals surface area contributed by atoms with Gasteiger partial charge in [-0.1, -0.05) is 43.0 Å². The molecule has 0 spiro atoms. The Balaban J connectivity index is 1.99. The first kappa shape index (κ1) is 15.8. The molecule has 1 aromatic heterocycles. The van der Waals surface area contributed by atoms with Gasteiger partial charge in [-0.15, -0.1) is 0 Å². The molecule has 1 fully saturated rings. The van der Waals surface area contributed by atoms with Crippen molar-refractivity contribution < 1.29 is 13.9 Å². The SMILES string of the molecule is CCc1cc(-c2cccc(OC)c2)oc1/C=C1\SC(=S)NC1=O. The lowest BCUT2D eigenvalue weighted by molar-refractivity contribution is -0.115. The summed E-state index contributed by atoms with van der Waals surface area (Å²) >= 11 is 6.26. The first-order valence-corrected chi connectivity index (χ1v) is 8.35. The fourth-order valence-corrected chi connectivity index (χ4v) is 3.32. The topological polar surface area (TPSA) is 51.5 Å². The van der Waals surface area contributed by atoms with Crippen molar-refractivity contribution in [3.8, 4) is 17.1 Å². The van der Waals surface area contributed by atoms with Crippen molar-refractivity contribution in [1.82, 2.24) is 5.32 Å². The van der Waals surface area contributed by atoms with E-state index in [1.807, 2.05) is 30.3 Å². The van der Waals surface area contributed by atoms with Crippen LogP contribution in [0, 0.1) is 0 Å². The van der Waals surface area contributed by atoms with E-state index in [9.17, 15) is 4.79 Å². The summed E-state index contributed by atoms with van der Waals surface area (Å²) in [5.41, 5.74) is 1.98. The standard InChI is InChI=1S/C17H15NO3S2/c1-3-10-8-13(11-5-4-6-12(7-11)20-2)21-14(10)9-15-16(19)18-17(22)23-15/h4-9H,3H2,1-2H3,(H,18,19,22)/b15-9-. The minimum Gasteiger partial charge on any atom is -0.497 e. The van der Waals surface area contributed by atoms with E-state index >= 15 is 0 Å². The van der Waals surface area contributed by atoms with Gasteiger partial charge in [-0.3, -0.25) is 4.79 Å². The summed E-state index contributed by atoms with van der Waals surface area (Å²) < 4.78 is 11.7. The Kier molecular flexibility index (Phi) is 4.54. The Bertz CT molecular complexity index is 808. The third-order valence-corrected chi connectivity index (χ3v) is 4.64. The highest BCUT2D eigenvalue weighted by molar-refractivity contribution is 8.26. The maximum Gasteiger partial charge on any atom is 0.263 e. The lowest BCUT2D eigenvalue weighted by Crippen LogP contribution is -2.17. The number of carbonyl (C=O) groups excluding carboxylic acids is 1. The minimum atomic E-state index is -0.179. The van der Waals surface area contributed by atoms with Gasteiger partial charge < -0.3 is 14.5 Å². The summed E-state index contributed by atoms with van der Waals surface area (Å²) in [6.07, 6.45) is 2.56. The lowest BCUT2D eigenvalue weighted by Gasteiger charge is -2.01. The van der Waals surface area contributed by atoms with Crippen LogP contribution in [0.25, 0.3) is 17.4 Å². The molecule has 1 aliphatic heterocycles. The van der Waals surface area contributed by atoms with Gasteiger partial charge in [-0.05, 0) is 30.2 Å². The van der Waals surface area contributed by atoms with Gasteiger partial charge in [0.15, 0.2) is 0 Å². The van der Waals surface area contributed by atoms with Gasteiger partial charge >= 0.3 is 0 Å². The summed E-state index contributed by atoms with van der Waals surface area (Å²) in [5, 5.41) is 2.61. The second kappa shape index (κ2) is 6.60. The molecule has 118 valence electrons. The number of rotatable bonds is 4. The Morgan fingerprint density at radius 1 is 1.39 bits per heavy atom. The molecule has 1 aliphatic rings. The number of ether oxygens (including phenoxy) is 1. The number of thioether (sulfide) groups is 1. The van der Waals surface area contributed by atoms with E-state index < -0.39 is 0 Å². The van der Waals surface area contributed by atoms with Crippen LogP contribution in [0.2, 0.25) is 0 Å². The van der Waals surface area contributed by atoms with Crippen LogP contribution in [-0.2, 0) is 11.2 Å². The molecule has 1 saturated heterocycles. The molecule has 0 radical (unpaired) electrons. The quantitative estimate of drug-likeness (QED) is 0.670. The molecular formula is C17H15NO3S2. The predicted molar refractivity (Wildman–Crippen MR) is 96.4 cm³/mol. The molecule has 4 nitrogen and oxygen atoms in total. The Labute approximate surface area is 143 Å². The maximum absolute atomic E-state index is 11.8. The number of carbonyl (C=O) groups is 1. The second-order valence-electron chi connectivity index (χ2n) is 4.94. The first-order valence-electron chi connectivity index (χ1n) is 7.12. The fraction of sp³-hybridized carbons (Fsp3) is 0.176. The van der Waals surface area contributed by atoms with E-state index in [2.05, 4.69) is 12.2 Å². The first-order chi connectivity index (χ1) is 11.1. The van der Waals surface area contributed by atoms with Gasteiger partial charge in [-0.2, -0.15) is 0 Å². The molecule has 1 N–H and O–H groups in total. The molecule has 1 aromatic carbocycles. The fourth-order valence-electron chi connectivity index (χ4n) is 2.30. The maximum atomic E-state index is 11.8. The van der Waals surface area contributed by atoms with Crippen molar-refractivity contribution in [1.29, 1.82) is 0 Å². The minimum absolute atomic E-state index is 0.179. The molecule has 2 heterocycles. The molecular weight excluding hydrogens is 330 g/mol. The zero-order chi connectivity index (χ0) is 16.4. The molecule has 3 rings (SSSR count). The van der Waals surface area contributed by atoms with Crippen LogP contribution in [0.4, 0.5) is 0 Å². The average molecular weight is 345 g/mol. The van der Waals surface area contributed by atoms with Crippen LogP contribution in [0.3, 0.4) is 0 Å². The lowest BCUT2D eigenvalue weighted by atomic mass is 10.1. The molecule has 0 unspecified atom stereocenters. The molecule has 2 aromatic rings. The molecule has 23 heavy (non-hydrogen) atoms. The van der Waals surface area contributed by atoms with E-state index in [0.717, 1.165) is 29.1 Å². The number of nitrogens with one attached hydrogen (secondary N) is 1.